The number of nitrogens with one attached hydrogen (secondary N) is 1. The molecule has 6 nitrogen and oxygen atoms in total. The molecule has 0 spiro atoms. The average molecular weight is 437 g/mol. The Morgan fingerprint density at radius 1 is 1.10 bits per heavy atom. The van der Waals surface area contributed by atoms with E-state index in [1.165, 1.54) is 4.31 Å². The van der Waals surface area contributed by atoms with E-state index in [-0.39, 0.29) is 11.9 Å². The molecule has 2 aromatic rings. The van der Waals surface area contributed by atoms with Gasteiger partial charge < -0.3 is 10.1 Å². The summed E-state index contributed by atoms with van der Waals surface area (Å²) >= 11 is 5.85. The molecule has 1 aliphatic heterocycles. The predicted molar refractivity (Wildman–Crippen MR) is 113 cm³/mol. The van der Waals surface area contributed by atoms with E-state index >= 15 is 0 Å². The van der Waals surface area contributed by atoms with Crippen LogP contribution < -0.4 is 10.1 Å². The van der Waals surface area contributed by atoms with Crippen LogP contribution in [0.2, 0.25) is 5.02 Å². The van der Waals surface area contributed by atoms with Crippen molar-refractivity contribution in [2.45, 2.75) is 43.7 Å². The van der Waals surface area contributed by atoms with Gasteiger partial charge in [0.1, 0.15) is 5.75 Å². The Morgan fingerprint density at radius 3 is 2.28 bits per heavy atom. The molecule has 2 aromatic carbocycles. The summed E-state index contributed by atoms with van der Waals surface area (Å²) in [7, 11) is -3.51. The van der Waals surface area contributed by atoms with Gasteiger partial charge >= 0.3 is 0 Å². The van der Waals surface area contributed by atoms with Crippen LogP contribution in [0.4, 0.5) is 0 Å². The molecule has 29 heavy (non-hydrogen) atoms. The number of carbonyl (C=O) groups excluding carboxylic acids is 1. The Balaban J connectivity index is 1.51. The number of amides is 1. The van der Waals surface area contributed by atoms with Crippen LogP contribution >= 0.6 is 11.6 Å². The zero-order chi connectivity index (χ0) is 21.0. The quantitative estimate of drug-likeness (QED) is 0.753. The number of hydrogen-bond donors (Lipinski definition) is 1. The molecule has 8 heteroatoms. The zero-order valence-corrected chi connectivity index (χ0v) is 18.0. The molecular formula is C21H25ClN2O4S. The number of ether oxygens (including phenoxy) is 1. The molecule has 0 bridgehead atoms. The van der Waals surface area contributed by atoms with E-state index in [2.05, 4.69) is 5.32 Å². The van der Waals surface area contributed by atoms with E-state index in [1.807, 2.05) is 6.92 Å². The van der Waals surface area contributed by atoms with Gasteiger partial charge in [-0.05, 0) is 63.1 Å². The van der Waals surface area contributed by atoms with Crippen LogP contribution in [0.1, 0.15) is 25.3 Å². The summed E-state index contributed by atoms with van der Waals surface area (Å²) in [6.07, 6.45) is 0.458. The first-order chi connectivity index (χ1) is 13.8. The monoisotopic (exact) mass is 436 g/mol. The van der Waals surface area contributed by atoms with E-state index in [0.29, 0.717) is 41.6 Å². The summed E-state index contributed by atoms with van der Waals surface area (Å²) in [6.45, 7) is 4.34. The molecule has 156 valence electrons. The van der Waals surface area contributed by atoms with Crippen LogP contribution in [-0.4, -0.2) is 43.9 Å². The molecule has 1 aliphatic rings. The Morgan fingerprint density at radius 2 is 1.69 bits per heavy atom. The number of halogens is 1. The van der Waals surface area contributed by atoms with Crippen molar-refractivity contribution in [1.29, 1.82) is 0 Å². The minimum atomic E-state index is -3.51. The van der Waals surface area contributed by atoms with Crippen molar-refractivity contribution in [1.82, 2.24) is 9.62 Å². The molecule has 1 fully saturated rings. The van der Waals surface area contributed by atoms with Crippen LogP contribution in [0, 0.1) is 6.92 Å². The number of carbonyl (C=O) groups is 1. The van der Waals surface area contributed by atoms with Gasteiger partial charge in [0.25, 0.3) is 5.91 Å². The molecule has 1 N–H and O–H groups in total. The van der Waals surface area contributed by atoms with Gasteiger partial charge in [0.15, 0.2) is 6.10 Å². The summed E-state index contributed by atoms with van der Waals surface area (Å²) < 4.78 is 32.7. The normalized spacial score (nSPS) is 16.9. The lowest BCUT2D eigenvalue weighted by atomic mass is 10.1. The molecule has 0 saturated carbocycles. The van der Waals surface area contributed by atoms with E-state index < -0.39 is 16.1 Å². The van der Waals surface area contributed by atoms with Crippen LogP contribution in [-0.2, 0) is 14.8 Å². The van der Waals surface area contributed by atoms with Crippen molar-refractivity contribution in [2.75, 3.05) is 13.1 Å². The molecule has 0 aliphatic carbocycles. The SMILES string of the molecule is Cc1ccc(S(=O)(=O)N2CCC(NC(=O)[C@H](C)Oc3ccc(Cl)cc3)CC2)cc1. The van der Waals surface area contributed by atoms with Gasteiger partial charge in [0, 0.05) is 24.2 Å². The van der Waals surface area contributed by atoms with Crippen LogP contribution in [0.25, 0.3) is 0 Å². The topological polar surface area (TPSA) is 75.7 Å². The second-order valence-electron chi connectivity index (χ2n) is 7.21. The van der Waals surface area contributed by atoms with Crippen LogP contribution in [0.3, 0.4) is 0 Å². The van der Waals surface area contributed by atoms with Gasteiger partial charge in [-0.15, -0.1) is 0 Å². The molecule has 1 heterocycles. The van der Waals surface area contributed by atoms with Crippen LogP contribution in [0.15, 0.2) is 53.4 Å². The van der Waals surface area contributed by atoms with Gasteiger partial charge in [-0.3, -0.25) is 4.79 Å². The van der Waals surface area contributed by atoms with Crippen molar-refractivity contribution in [3.63, 3.8) is 0 Å². The smallest absolute Gasteiger partial charge is 0.260 e. The van der Waals surface area contributed by atoms with Crippen molar-refractivity contribution in [2.24, 2.45) is 0 Å². The van der Waals surface area contributed by atoms with E-state index in [1.54, 1.807) is 55.5 Å². The predicted octanol–water partition coefficient (Wildman–Crippen LogP) is 3.39. The van der Waals surface area contributed by atoms with Gasteiger partial charge in [-0.1, -0.05) is 29.3 Å². The average Bonchev–Trinajstić information content (AvgIpc) is 2.70. The largest absolute Gasteiger partial charge is 0.481 e. The molecule has 0 radical (unpaired) electrons. The number of sulfonamides is 1. The fourth-order valence-electron chi connectivity index (χ4n) is 3.19. The van der Waals surface area contributed by atoms with Gasteiger partial charge in [-0.2, -0.15) is 4.31 Å². The van der Waals surface area contributed by atoms with Crippen molar-refractivity contribution < 1.29 is 17.9 Å². The number of nitrogens with zero attached hydrogens (tertiary/aromatic N) is 1. The second-order valence-corrected chi connectivity index (χ2v) is 9.59. The Bertz CT molecular complexity index is 938. The van der Waals surface area contributed by atoms with Crippen molar-refractivity contribution in [3.05, 3.63) is 59.1 Å². The minimum absolute atomic E-state index is 0.0803. The highest BCUT2D eigenvalue weighted by Gasteiger charge is 2.30. The van der Waals surface area contributed by atoms with Crippen LogP contribution in [0.5, 0.6) is 5.75 Å². The molecule has 1 atom stereocenters. The minimum Gasteiger partial charge on any atom is -0.481 e. The first-order valence-electron chi connectivity index (χ1n) is 9.55. The summed E-state index contributed by atoms with van der Waals surface area (Å²) in [5.41, 5.74) is 1.01. The lowest BCUT2D eigenvalue weighted by molar-refractivity contribution is -0.128. The van der Waals surface area contributed by atoms with Crippen molar-refractivity contribution >= 4 is 27.5 Å². The number of rotatable bonds is 6. The fourth-order valence-corrected chi connectivity index (χ4v) is 4.78. The molecule has 1 amide bonds. The van der Waals surface area contributed by atoms with E-state index in [4.69, 9.17) is 16.3 Å². The molecule has 1 saturated heterocycles. The third-order valence-corrected chi connectivity index (χ3v) is 7.12. The number of aryl methyl sites for hydroxylation is 1. The summed E-state index contributed by atoms with van der Waals surface area (Å²) in [6, 6.07) is 13.6. The van der Waals surface area contributed by atoms with E-state index in [0.717, 1.165) is 5.56 Å². The first kappa shape index (κ1) is 21.6. The molecule has 3 rings (SSSR count). The highest BCUT2D eigenvalue weighted by Crippen LogP contribution is 2.22. The highest BCUT2D eigenvalue weighted by molar-refractivity contribution is 7.89. The fraction of sp³-hybridized carbons (Fsp3) is 0.381. The zero-order valence-electron chi connectivity index (χ0n) is 16.5. The van der Waals surface area contributed by atoms with Gasteiger partial charge in [0.05, 0.1) is 4.90 Å². The highest BCUT2D eigenvalue weighted by atomic mass is 35.5. The third-order valence-electron chi connectivity index (χ3n) is 4.95. The maximum atomic E-state index is 12.8. The Labute approximate surface area is 176 Å². The molecular weight excluding hydrogens is 412 g/mol. The lowest BCUT2D eigenvalue weighted by Crippen LogP contribution is -2.49. The lowest BCUT2D eigenvalue weighted by Gasteiger charge is -2.32. The standard InChI is InChI=1S/C21H25ClN2O4S/c1-15-3-9-20(10-4-15)29(26,27)24-13-11-18(12-14-24)23-21(25)16(2)28-19-7-5-17(22)6-8-19/h3-10,16,18H,11-14H2,1-2H3,(H,23,25)/t16-/m0/s1. The van der Waals surface area contributed by atoms with Gasteiger partial charge in [0.2, 0.25) is 10.0 Å². The molecule has 0 unspecified atom stereocenters. The summed E-state index contributed by atoms with van der Waals surface area (Å²) in [5, 5.41) is 3.56. The third kappa shape index (κ3) is 5.50. The second kappa shape index (κ2) is 9.15. The number of hydrogen-bond acceptors (Lipinski definition) is 4. The van der Waals surface area contributed by atoms with Gasteiger partial charge in [-0.25, -0.2) is 8.42 Å². The summed E-state index contributed by atoms with van der Waals surface area (Å²) in [4.78, 5) is 12.7. The Hall–Kier alpha value is -2.09. The number of benzene rings is 2. The van der Waals surface area contributed by atoms with Crippen molar-refractivity contribution in [3.8, 4) is 5.75 Å². The number of piperidine rings is 1. The van der Waals surface area contributed by atoms with E-state index in [9.17, 15) is 13.2 Å². The first-order valence-corrected chi connectivity index (χ1v) is 11.4. The Kier molecular flexibility index (Phi) is 6.82. The summed E-state index contributed by atoms with van der Waals surface area (Å²) in [5.74, 6) is 0.343. The maximum absolute atomic E-state index is 12.8. The molecule has 0 aromatic heterocycles. The maximum Gasteiger partial charge on any atom is 0.260 e.